The van der Waals surface area contributed by atoms with Crippen LogP contribution in [0.1, 0.15) is 24.0 Å². The van der Waals surface area contributed by atoms with Gasteiger partial charge >= 0.3 is 5.97 Å². The average molecular weight is 418 g/mol. The second-order valence-electron chi connectivity index (χ2n) is 6.27. The molecule has 0 spiro atoms. The number of allylic oxidation sites excluding steroid dienone is 1. The van der Waals surface area contributed by atoms with E-state index in [4.69, 9.17) is 21.7 Å². The smallest absolute Gasteiger partial charge is 0.336 e. The van der Waals surface area contributed by atoms with Crippen LogP contribution in [-0.4, -0.2) is 41.2 Å². The fourth-order valence-electron chi connectivity index (χ4n) is 3.20. The van der Waals surface area contributed by atoms with E-state index in [1.54, 1.807) is 13.0 Å². The van der Waals surface area contributed by atoms with Crippen molar-refractivity contribution in [3.63, 3.8) is 0 Å². The Hall–Kier alpha value is -3.31. The minimum Gasteiger partial charge on any atom is -0.460 e. The van der Waals surface area contributed by atoms with E-state index in [-0.39, 0.29) is 34.8 Å². The molecule has 0 saturated heterocycles. The summed E-state index contributed by atoms with van der Waals surface area (Å²) in [5.41, 5.74) is 0.521. The number of non-ortho nitro benzene ring substituents is 1. The van der Waals surface area contributed by atoms with E-state index in [0.29, 0.717) is 17.1 Å². The van der Waals surface area contributed by atoms with E-state index >= 15 is 0 Å². The molecule has 2 aromatic rings. The van der Waals surface area contributed by atoms with Gasteiger partial charge in [0.2, 0.25) is 0 Å². The molecule has 29 heavy (non-hydrogen) atoms. The first kappa shape index (κ1) is 20.4. The highest BCUT2D eigenvalue weighted by atomic mass is 32.1. The van der Waals surface area contributed by atoms with Crippen molar-refractivity contribution in [1.29, 1.82) is 0 Å². The lowest BCUT2D eigenvalue weighted by Crippen LogP contribution is -2.31. The number of fused-ring (bicyclic) bond motifs is 1. The SMILES string of the molecule is COCCOC(=O)C1=C(C)Nc2[nH]c(=S)[nH]c(=O)c2C1c1cccc([N+](=O)[O-])c1. The first-order chi connectivity index (χ1) is 13.8. The number of methoxy groups -OCH3 is 1. The number of aromatic amines is 2. The number of nitrogens with zero attached hydrogens (tertiary/aromatic N) is 1. The number of benzene rings is 1. The summed E-state index contributed by atoms with van der Waals surface area (Å²) in [7, 11) is 1.48. The van der Waals surface area contributed by atoms with Gasteiger partial charge in [-0.15, -0.1) is 0 Å². The van der Waals surface area contributed by atoms with E-state index in [1.807, 2.05) is 0 Å². The van der Waals surface area contributed by atoms with Crippen molar-refractivity contribution in [1.82, 2.24) is 9.97 Å². The quantitative estimate of drug-likeness (QED) is 0.214. The Morgan fingerprint density at radius 1 is 1.31 bits per heavy atom. The molecular weight excluding hydrogens is 400 g/mol. The van der Waals surface area contributed by atoms with Crippen LogP contribution in [0.25, 0.3) is 0 Å². The molecule has 0 saturated carbocycles. The molecule has 0 fully saturated rings. The predicted molar refractivity (Wildman–Crippen MR) is 106 cm³/mol. The van der Waals surface area contributed by atoms with Gasteiger partial charge in [-0.2, -0.15) is 0 Å². The number of nitro benzene ring substituents is 1. The monoisotopic (exact) mass is 418 g/mol. The lowest BCUT2D eigenvalue weighted by atomic mass is 9.82. The van der Waals surface area contributed by atoms with Crippen LogP contribution in [0, 0.1) is 14.9 Å². The fraction of sp³-hybridized carbons (Fsp3) is 0.278. The van der Waals surface area contributed by atoms with E-state index in [1.165, 1.54) is 25.3 Å². The van der Waals surface area contributed by atoms with Crippen LogP contribution >= 0.6 is 12.2 Å². The number of nitrogens with one attached hydrogen (secondary N) is 3. The fourth-order valence-corrected chi connectivity index (χ4v) is 3.40. The maximum Gasteiger partial charge on any atom is 0.336 e. The van der Waals surface area contributed by atoms with Gasteiger partial charge in [0.05, 0.1) is 28.6 Å². The summed E-state index contributed by atoms with van der Waals surface area (Å²) in [5.74, 6) is -1.23. The molecule has 0 bridgehead atoms. The average Bonchev–Trinajstić information content (AvgIpc) is 2.66. The highest BCUT2D eigenvalue weighted by Crippen LogP contribution is 2.40. The molecule has 3 N–H and O–H groups in total. The number of rotatable bonds is 6. The van der Waals surface area contributed by atoms with Gasteiger partial charge in [-0.25, -0.2) is 4.79 Å². The third-order valence-corrected chi connectivity index (χ3v) is 4.63. The summed E-state index contributed by atoms with van der Waals surface area (Å²) in [6.45, 7) is 1.88. The normalized spacial score (nSPS) is 15.4. The van der Waals surface area contributed by atoms with Crippen molar-refractivity contribution >= 4 is 29.7 Å². The number of hydrogen-bond donors (Lipinski definition) is 3. The summed E-state index contributed by atoms with van der Waals surface area (Å²) >= 11 is 5.02. The largest absolute Gasteiger partial charge is 0.460 e. The van der Waals surface area contributed by atoms with Gasteiger partial charge in [0.15, 0.2) is 4.77 Å². The molecule has 1 aromatic carbocycles. The van der Waals surface area contributed by atoms with Crippen LogP contribution in [-0.2, 0) is 14.3 Å². The third kappa shape index (κ3) is 4.10. The number of anilines is 1. The number of carbonyl (C=O) groups is 1. The number of esters is 1. The van der Waals surface area contributed by atoms with Crippen LogP contribution in [0.3, 0.4) is 0 Å². The van der Waals surface area contributed by atoms with Crippen LogP contribution in [0.4, 0.5) is 11.5 Å². The van der Waals surface area contributed by atoms with Crippen molar-refractivity contribution in [3.8, 4) is 0 Å². The first-order valence-corrected chi connectivity index (χ1v) is 8.99. The molecule has 2 heterocycles. The van der Waals surface area contributed by atoms with Crippen LogP contribution < -0.4 is 10.9 Å². The molecule has 0 aliphatic carbocycles. The summed E-state index contributed by atoms with van der Waals surface area (Å²) in [6.07, 6.45) is 0. The molecule has 1 aliphatic heterocycles. The Kier molecular flexibility index (Phi) is 5.89. The molecule has 0 amide bonds. The van der Waals surface area contributed by atoms with Gasteiger partial charge < -0.3 is 19.8 Å². The minimum atomic E-state index is -0.892. The standard InChI is InChI=1S/C18H18N4O6S/c1-9-12(17(24)28-7-6-27-2)13(10-4-3-5-11(8-10)22(25)26)14-15(19-9)20-18(29)21-16(14)23/h3-5,8,13H,6-7H2,1-2H3,(H3,19,20,21,23,29). The molecule has 1 unspecified atom stereocenters. The Morgan fingerprint density at radius 3 is 2.76 bits per heavy atom. The zero-order chi connectivity index (χ0) is 21.1. The minimum absolute atomic E-state index is 0.0220. The first-order valence-electron chi connectivity index (χ1n) is 8.58. The molecule has 1 aliphatic rings. The third-order valence-electron chi connectivity index (χ3n) is 4.43. The second-order valence-corrected chi connectivity index (χ2v) is 6.68. The summed E-state index contributed by atoms with van der Waals surface area (Å²) in [6, 6.07) is 5.78. The molecule has 11 heteroatoms. The van der Waals surface area contributed by atoms with Crippen molar-refractivity contribution in [2.45, 2.75) is 12.8 Å². The van der Waals surface area contributed by atoms with Gasteiger partial charge in [-0.1, -0.05) is 12.1 Å². The zero-order valence-corrected chi connectivity index (χ0v) is 16.4. The topological polar surface area (TPSA) is 139 Å². The molecular formula is C18H18N4O6S. The zero-order valence-electron chi connectivity index (χ0n) is 15.6. The van der Waals surface area contributed by atoms with E-state index in [9.17, 15) is 19.7 Å². The van der Waals surface area contributed by atoms with Gasteiger partial charge in [0.25, 0.3) is 11.2 Å². The lowest BCUT2D eigenvalue weighted by Gasteiger charge is -2.28. The Labute approximate surface area is 169 Å². The van der Waals surface area contributed by atoms with Crippen molar-refractivity contribution < 1.29 is 19.2 Å². The summed E-state index contributed by atoms with van der Waals surface area (Å²) in [4.78, 5) is 41.6. The van der Waals surface area contributed by atoms with Crippen LogP contribution in [0.15, 0.2) is 40.3 Å². The van der Waals surface area contributed by atoms with Crippen molar-refractivity contribution in [3.05, 3.63) is 71.9 Å². The Morgan fingerprint density at radius 2 is 2.07 bits per heavy atom. The summed E-state index contributed by atoms with van der Waals surface area (Å²) < 4.78 is 10.3. The van der Waals surface area contributed by atoms with Gasteiger partial charge in [-0.3, -0.25) is 19.9 Å². The van der Waals surface area contributed by atoms with E-state index in [0.717, 1.165) is 0 Å². The Bertz CT molecular complexity index is 1120. The Balaban J connectivity index is 2.20. The number of aromatic nitrogens is 2. The molecule has 1 atom stereocenters. The molecule has 10 nitrogen and oxygen atoms in total. The maximum atomic E-state index is 12.8. The van der Waals surface area contributed by atoms with Crippen LogP contribution in [0.2, 0.25) is 0 Å². The number of ether oxygens (including phenoxy) is 2. The van der Waals surface area contributed by atoms with Gasteiger partial charge in [0.1, 0.15) is 12.4 Å². The van der Waals surface area contributed by atoms with E-state index in [2.05, 4.69) is 15.3 Å². The molecule has 152 valence electrons. The molecule has 3 rings (SSSR count). The van der Waals surface area contributed by atoms with Crippen molar-refractivity contribution in [2.75, 3.05) is 25.6 Å². The van der Waals surface area contributed by atoms with E-state index < -0.39 is 22.4 Å². The number of H-pyrrole nitrogens is 2. The van der Waals surface area contributed by atoms with Crippen LogP contribution in [0.5, 0.6) is 0 Å². The lowest BCUT2D eigenvalue weighted by molar-refractivity contribution is -0.384. The van der Waals surface area contributed by atoms with Gasteiger partial charge in [-0.05, 0) is 24.7 Å². The highest BCUT2D eigenvalue weighted by molar-refractivity contribution is 7.71. The number of hydrogen-bond acceptors (Lipinski definition) is 8. The summed E-state index contributed by atoms with van der Waals surface area (Å²) in [5, 5.41) is 14.2. The maximum absolute atomic E-state index is 12.8. The molecule has 0 radical (unpaired) electrons. The highest BCUT2D eigenvalue weighted by Gasteiger charge is 2.36. The number of carbonyl (C=O) groups excluding carboxylic acids is 1. The second kappa shape index (κ2) is 8.37. The molecule has 1 aromatic heterocycles. The van der Waals surface area contributed by atoms with Crippen molar-refractivity contribution in [2.24, 2.45) is 0 Å². The number of nitro groups is 1. The van der Waals surface area contributed by atoms with Gasteiger partial charge in [0, 0.05) is 24.9 Å². The predicted octanol–water partition coefficient (Wildman–Crippen LogP) is 2.36.